The summed E-state index contributed by atoms with van der Waals surface area (Å²) in [4.78, 5) is 24.1. The third-order valence-electron chi connectivity index (χ3n) is 4.42. The first-order chi connectivity index (χ1) is 12.2. The Balaban J connectivity index is 1.89. The lowest BCUT2D eigenvalue weighted by atomic mass is 9.93. The van der Waals surface area contributed by atoms with E-state index in [1.165, 1.54) is 6.07 Å². The van der Waals surface area contributed by atoms with Gasteiger partial charge in [0.05, 0.1) is 0 Å². The normalized spacial score (nSPS) is 18.8. The van der Waals surface area contributed by atoms with Crippen LogP contribution in [-0.4, -0.2) is 4.98 Å². The van der Waals surface area contributed by atoms with Crippen LogP contribution in [-0.2, 0) is 6.54 Å². The average Bonchev–Trinajstić information content (AvgIpc) is 2.67. The summed E-state index contributed by atoms with van der Waals surface area (Å²) in [6, 6.07) is 21.1. The third-order valence-corrected chi connectivity index (χ3v) is 4.42. The van der Waals surface area contributed by atoms with Crippen molar-refractivity contribution in [3.05, 3.63) is 105 Å². The van der Waals surface area contributed by atoms with Gasteiger partial charge in [-0.3, -0.25) is 14.8 Å². The van der Waals surface area contributed by atoms with Crippen LogP contribution in [0.1, 0.15) is 28.8 Å². The van der Waals surface area contributed by atoms with Crippen LogP contribution in [0.4, 0.5) is 0 Å². The minimum Gasteiger partial charge on any atom is -0.326 e. The van der Waals surface area contributed by atoms with Crippen molar-refractivity contribution in [1.82, 2.24) is 4.98 Å². The quantitative estimate of drug-likeness (QED) is 0.764. The highest BCUT2D eigenvalue weighted by molar-refractivity contribution is 5.31. The number of fused-ring (bicyclic) bond motifs is 1. The zero-order valence-electron chi connectivity index (χ0n) is 13.6. The molecule has 0 amide bonds. The molecule has 1 aliphatic heterocycles. The van der Waals surface area contributed by atoms with E-state index in [0.29, 0.717) is 17.4 Å². The standard InChI is InChI=1S/C20H18N4O/c21-12-13-6-8-15(9-7-13)19-18(14-4-2-1-3-5-14)22-16-10-11-17(25)23-20(16)24-19/h1-11,18-19H,12,21H2,(H,23,24,25). The maximum Gasteiger partial charge on any atom is 0.249 e. The zero-order valence-corrected chi connectivity index (χ0v) is 13.6. The number of nitrogens with one attached hydrogen (secondary N) is 1. The average molecular weight is 330 g/mol. The molecule has 0 saturated heterocycles. The van der Waals surface area contributed by atoms with Crippen LogP contribution < -0.4 is 22.1 Å². The first kappa shape index (κ1) is 15.5. The second-order valence-electron chi connectivity index (χ2n) is 6.06. The fourth-order valence-electron chi connectivity index (χ4n) is 3.10. The van der Waals surface area contributed by atoms with E-state index in [2.05, 4.69) is 17.1 Å². The van der Waals surface area contributed by atoms with Gasteiger partial charge in [-0.1, -0.05) is 54.6 Å². The van der Waals surface area contributed by atoms with Gasteiger partial charge < -0.3 is 10.7 Å². The summed E-state index contributed by atoms with van der Waals surface area (Å²) in [5, 5.41) is 0.711. The van der Waals surface area contributed by atoms with Crippen molar-refractivity contribution in [1.29, 1.82) is 0 Å². The van der Waals surface area contributed by atoms with E-state index in [-0.39, 0.29) is 17.6 Å². The van der Waals surface area contributed by atoms with Gasteiger partial charge in [-0.15, -0.1) is 0 Å². The summed E-state index contributed by atoms with van der Waals surface area (Å²) in [6.07, 6.45) is 0. The molecule has 0 saturated carbocycles. The number of aromatic amines is 1. The highest BCUT2D eigenvalue weighted by Gasteiger charge is 2.26. The van der Waals surface area contributed by atoms with Crippen LogP contribution in [0.3, 0.4) is 0 Å². The van der Waals surface area contributed by atoms with Crippen molar-refractivity contribution < 1.29 is 0 Å². The molecular formula is C20H18N4O. The number of H-pyrrole nitrogens is 1. The van der Waals surface area contributed by atoms with Crippen LogP contribution in [0.15, 0.2) is 81.5 Å². The first-order valence-electron chi connectivity index (χ1n) is 8.23. The summed E-state index contributed by atoms with van der Waals surface area (Å²) in [5.41, 5.74) is 9.27. The maximum absolute atomic E-state index is 11.6. The van der Waals surface area contributed by atoms with E-state index in [1.54, 1.807) is 6.07 Å². The lowest BCUT2D eigenvalue weighted by molar-refractivity contribution is 0.528. The molecule has 0 aliphatic carbocycles. The van der Waals surface area contributed by atoms with Crippen molar-refractivity contribution >= 4 is 0 Å². The predicted molar refractivity (Wildman–Crippen MR) is 95.6 cm³/mol. The number of nitrogens with zero attached hydrogens (tertiary/aromatic N) is 2. The van der Waals surface area contributed by atoms with E-state index in [4.69, 9.17) is 15.7 Å². The van der Waals surface area contributed by atoms with Gasteiger partial charge in [-0.2, -0.15) is 0 Å². The lowest BCUT2D eigenvalue weighted by Gasteiger charge is -2.24. The van der Waals surface area contributed by atoms with Crippen LogP contribution in [0.25, 0.3) is 0 Å². The smallest absolute Gasteiger partial charge is 0.249 e. The molecule has 4 rings (SSSR count). The number of nitrogens with two attached hydrogens (primary N) is 1. The van der Waals surface area contributed by atoms with Crippen LogP contribution >= 0.6 is 0 Å². The van der Waals surface area contributed by atoms with E-state index in [0.717, 1.165) is 16.7 Å². The van der Waals surface area contributed by atoms with Crippen molar-refractivity contribution in [2.45, 2.75) is 18.6 Å². The summed E-state index contributed by atoms with van der Waals surface area (Å²) in [6.45, 7) is 0.505. The molecule has 1 aliphatic rings. The van der Waals surface area contributed by atoms with Crippen molar-refractivity contribution in [3.63, 3.8) is 0 Å². The van der Waals surface area contributed by atoms with Crippen molar-refractivity contribution in [3.8, 4) is 0 Å². The molecule has 0 radical (unpaired) electrons. The second kappa shape index (κ2) is 6.45. The fraction of sp³-hybridized carbons (Fsp3) is 0.150. The van der Waals surface area contributed by atoms with Crippen LogP contribution in [0.2, 0.25) is 0 Å². The maximum atomic E-state index is 11.6. The van der Waals surface area contributed by atoms with E-state index in [9.17, 15) is 4.79 Å². The van der Waals surface area contributed by atoms with Gasteiger partial charge >= 0.3 is 0 Å². The van der Waals surface area contributed by atoms with Crippen molar-refractivity contribution in [2.75, 3.05) is 0 Å². The topological polar surface area (TPSA) is 83.6 Å². The van der Waals surface area contributed by atoms with E-state index in [1.807, 2.05) is 42.5 Å². The number of rotatable bonds is 3. The molecule has 5 heteroatoms. The largest absolute Gasteiger partial charge is 0.326 e. The fourth-order valence-corrected chi connectivity index (χ4v) is 3.10. The predicted octanol–water partition coefficient (Wildman–Crippen LogP) is 1.57. The molecule has 2 heterocycles. The molecule has 3 aromatic rings. The van der Waals surface area contributed by atoms with Gasteiger partial charge in [0.1, 0.15) is 17.4 Å². The van der Waals surface area contributed by atoms with Gasteiger partial charge in [0.2, 0.25) is 5.56 Å². The Bertz CT molecular complexity index is 1060. The Morgan fingerprint density at radius 1 is 0.840 bits per heavy atom. The SMILES string of the molecule is NCc1ccc(C2N=c3[nH]c(=O)ccc3=NC2c2ccccc2)cc1. The molecule has 2 atom stereocenters. The van der Waals surface area contributed by atoms with Crippen LogP contribution in [0.5, 0.6) is 0 Å². The van der Waals surface area contributed by atoms with Gasteiger partial charge in [0.25, 0.3) is 0 Å². The lowest BCUT2D eigenvalue weighted by Crippen LogP contribution is -2.38. The summed E-state index contributed by atoms with van der Waals surface area (Å²) >= 11 is 0. The number of hydrogen-bond acceptors (Lipinski definition) is 4. The molecule has 0 bridgehead atoms. The third kappa shape index (κ3) is 3.02. The minimum absolute atomic E-state index is 0.136. The molecular weight excluding hydrogens is 312 g/mol. The first-order valence-corrected chi connectivity index (χ1v) is 8.23. The Labute approximate surface area is 144 Å². The number of hydrogen-bond donors (Lipinski definition) is 2. The molecule has 124 valence electrons. The molecule has 5 nitrogen and oxygen atoms in total. The number of pyridine rings is 1. The monoisotopic (exact) mass is 330 g/mol. The van der Waals surface area contributed by atoms with E-state index >= 15 is 0 Å². The Kier molecular flexibility index (Phi) is 3.99. The Hall–Kier alpha value is -3.05. The highest BCUT2D eigenvalue weighted by atomic mass is 16.1. The minimum atomic E-state index is -0.195. The van der Waals surface area contributed by atoms with E-state index < -0.39 is 0 Å². The van der Waals surface area contributed by atoms with Gasteiger partial charge in [0, 0.05) is 12.6 Å². The van der Waals surface area contributed by atoms with Gasteiger partial charge in [-0.25, -0.2) is 0 Å². The molecule has 1 aromatic heterocycles. The Morgan fingerprint density at radius 2 is 1.52 bits per heavy atom. The molecule has 25 heavy (non-hydrogen) atoms. The zero-order chi connectivity index (χ0) is 17.2. The summed E-state index contributed by atoms with van der Waals surface area (Å²) in [7, 11) is 0. The number of benzene rings is 2. The number of aromatic nitrogens is 1. The molecule has 2 aromatic carbocycles. The Morgan fingerprint density at radius 3 is 2.24 bits per heavy atom. The van der Waals surface area contributed by atoms with Crippen LogP contribution in [0, 0.1) is 0 Å². The van der Waals surface area contributed by atoms with Gasteiger partial charge in [0.15, 0.2) is 5.49 Å². The summed E-state index contributed by atoms with van der Waals surface area (Å²) in [5.74, 6) is 0. The van der Waals surface area contributed by atoms with Gasteiger partial charge in [-0.05, 0) is 22.8 Å². The van der Waals surface area contributed by atoms with Crippen molar-refractivity contribution in [2.24, 2.45) is 15.7 Å². The second-order valence-corrected chi connectivity index (χ2v) is 6.06. The molecule has 3 N–H and O–H groups in total. The molecule has 0 fully saturated rings. The summed E-state index contributed by atoms with van der Waals surface area (Å²) < 4.78 is 0. The highest BCUT2D eigenvalue weighted by Crippen LogP contribution is 2.35. The molecule has 0 spiro atoms. The molecule has 2 unspecified atom stereocenters.